The Kier molecular flexibility index (Phi) is 5.11. The average molecular weight is 326 g/mol. The number of piperidine rings is 1. The number of nitrogens with one attached hydrogen (secondary N) is 1. The van der Waals surface area contributed by atoms with Gasteiger partial charge in [-0.3, -0.25) is 9.59 Å². The summed E-state index contributed by atoms with van der Waals surface area (Å²) in [5.74, 6) is 0.371. The number of aromatic amines is 1. The molecule has 5 heteroatoms. The molecule has 5 nitrogen and oxygen atoms in total. The van der Waals surface area contributed by atoms with Crippen molar-refractivity contribution >= 4 is 5.91 Å². The molecule has 2 heterocycles. The molecule has 0 spiro atoms. The molecule has 1 amide bonds. The van der Waals surface area contributed by atoms with Crippen LogP contribution < -0.4 is 5.56 Å². The summed E-state index contributed by atoms with van der Waals surface area (Å²) in [4.78, 5) is 28.0. The number of likely N-dealkylation sites (tertiary alicyclic amines) is 1. The van der Waals surface area contributed by atoms with E-state index in [4.69, 9.17) is 4.74 Å². The highest BCUT2D eigenvalue weighted by molar-refractivity contribution is 5.93. The molecule has 1 unspecified atom stereocenters. The highest BCUT2D eigenvalue weighted by Gasteiger charge is 2.29. The second-order valence-electron chi connectivity index (χ2n) is 6.14. The van der Waals surface area contributed by atoms with Crippen molar-refractivity contribution < 1.29 is 9.53 Å². The van der Waals surface area contributed by atoms with Crippen LogP contribution in [0.2, 0.25) is 0 Å². The molecule has 1 N–H and O–H groups in total. The minimum atomic E-state index is -0.198. The smallest absolute Gasteiger partial charge is 0.255 e. The molecular weight excluding hydrogens is 304 g/mol. The van der Waals surface area contributed by atoms with Gasteiger partial charge in [-0.25, -0.2) is 0 Å². The summed E-state index contributed by atoms with van der Waals surface area (Å²) >= 11 is 0. The summed E-state index contributed by atoms with van der Waals surface area (Å²) in [5.41, 5.74) is 1.51. The van der Waals surface area contributed by atoms with Crippen LogP contribution in [0.3, 0.4) is 0 Å². The lowest BCUT2D eigenvalue weighted by molar-refractivity contribution is 0.0194. The summed E-state index contributed by atoms with van der Waals surface area (Å²) in [6, 6.07) is 13.2. The van der Waals surface area contributed by atoms with E-state index in [1.807, 2.05) is 23.1 Å². The molecular formula is C19H22N2O3. The number of H-pyrrole nitrogens is 1. The second kappa shape index (κ2) is 7.45. The van der Waals surface area contributed by atoms with Gasteiger partial charge in [-0.05, 0) is 30.4 Å². The number of ether oxygens (including phenoxy) is 1. The van der Waals surface area contributed by atoms with E-state index in [0.717, 1.165) is 12.8 Å². The highest BCUT2D eigenvalue weighted by Crippen LogP contribution is 2.33. The maximum atomic E-state index is 12.5. The lowest BCUT2D eigenvalue weighted by Gasteiger charge is -2.35. The highest BCUT2D eigenvalue weighted by atomic mass is 16.5. The first kappa shape index (κ1) is 16.5. The summed E-state index contributed by atoms with van der Waals surface area (Å²) < 4.78 is 5.73. The Morgan fingerprint density at radius 1 is 1.17 bits per heavy atom. The molecule has 2 aromatic rings. The molecule has 1 atom stereocenters. The van der Waals surface area contributed by atoms with Gasteiger partial charge in [0.05, 0.1) is 11.7 Å². The third-order valence-electron chi connectivity index (χ3n) is 4.67. The number of aromatic nitrogens is 1. The minimum absolute atomic E-state index is 0.0293. The van der Waals surface area contributed by atoms with Crippen LogP contribution in [0.15, 0.2) is 53.5 Å². The van der Waals surface area contributed by atoms with Gasteiger partial charge in [-0.15, -0.1) is 0 Å². The van der Waals surface area contributed by atoms with Crippen molar-refractivity contribution in [3.8, 4) is 0 Å². The van der Waals surface area contributed by atoms with Crippen LogP contribution in [0.25, 0.3) is 0 Å². The van der Waals surface area contributed by atoms with Gasteiger partial charge < -0.3 is 14.6 Å². The van der Waals surface area contributed by atoms with Crippen molar-refractivity contribution in [2.75, 3.05) is 20.2 Å². The number of nitrogens with zero attached hydrogens (tertiary/aromatic N) is 1. The fraction of sp³-hybridized carbons (Fsp3) is 0.368. The monoisotopic (exact) mass is 326 g/mol. The van der Waals surface area contributed by atoms with Crippen LogP contribution in [0.5, 0.6) is 0 Å². The molecule has 126 valence electrons. The van der Waals surface area contributed by atoms with Gasteiger partial charge in [-0.2, -0.15) is 0 Å². The zero-order chi connectivity index (χ0) is 16.9. The van der Waals surface area contributed by atoms with Crippen LogP contribution >= 0.6 is 0 Å². The fourth-order valence-electron chi connectivity index (χ4n) is 3.37. The molecule has 1 fully saturated rings. The number of pyridine rings is 1. The molecule has 1 aliphatic heterocycles. The summed E-state index contributed by atoms with van der Waals surface area (Å²) in [7, 11) is 1.75. The third-order valence-corrected chi connectivity index (χ3v) is 4.67. The van der Waals surface area contributed by atoms with E-state index in [-0.39, 0.29) is 17.6 Å². The van der Waals surface area contributed by atoms with Crippen molar-refractivity contribution in [2.45, 2.75) is 18.9 Å². The number of amides is 1. The van der Waals surface area contributed by atoms with Crippen molar-refractivity contribution in [1.29, 1.82) is 0 Å². The number of methoxy groups -OCH3 is 1. The van der Waals surface area contributed by atoms with Crippen LogP contribution in [-0.4, -0.2) is 36.0 Å². The molecule has 0 saturated carbocycles. The van der Waals surface area contributed by atoms with Crippen LogP contribution in [0.1, 0.15) is 34.9 Å². The number of hydrogen-bond acceptors (Lipinski definition) is 3. The van der Waals surface area contributed by atoms with Gasteiger partial charge in [-0.1, -0.05) is 30.3 Å². The van der Waals surface area contributed by atoms with E-state index < -0.39 is 0 Å². The zero-order valence-corrected chi connectivity index (χ0v) is 13.8. The third kappa shape index (κ3) is 3.57. The van der Waals surface area contributed by atoms with Crippen LogP contribution in [-0.2, 0) is 4.74 Å². The number of hydrogen-bond donors (Lipinski definition) is 1. The van der Waals surface area contributed by atoms with E-state index in [1.165, 1.54) is 17.8 Å². The quantitative estimate of drug-likeness (QED) is 0.939. The summed E-state index contributed by atoms with van der Waals surface area (Å²) in [5, 5.41) is 0. The lowest BCUT2D eigenvalue weighted by Crippen LogP contribution is -2.40. The first-order valence-electron chi connectivity index (χ1n) is 8.25. The topological polar surface area (TPSA) is 62.4 Å². The largest absolute Gasteiger partial charge is 0.376 e. The Morgan fingerprint density at radius 2 is 1.88 bits per heavy atom. The van der Waals surface area contributed by atoms with Crippen molar-refractivity contribution in [2.24, 2.45) is 5.92 Å². The molecule has 1 saturated heterocycles. The van der Waals surface area contributed by atoms with Crippen LogP contribution in [0.4, 0.5) is 0 Å². The maximum Gasteiger partial charge on any atom is 0.255 e. The van der Waals surface area contributed by atoms with Gasteiger partial charge in [0.15, 0.2) is 0 Å². The van der Waals surface area contributed by atoms with Crippen LogP contribution in [0, 0.1) is 5.92 Å². The predicted octanol–water partition coefficient (Wildman–Crippen LogP) is 2.61. The lowest BCUT2D eigenvalue weighted by atomic mass is 9.87. The zero-order valence-electron chi connectivity index (χ0n) is 13.8. The first-order valence-corrected chi connectivity index (χ1v) is 8.25. The van der Waals surface area contributed by atoms with E-state index in [2.05, 4.69) is 17.1 Å². The van der Waals surface area contributed by atoms with Crippen molar-refractivity contribution in [3.05, 3.63) is 70.1 Å². The molecule has 1 aromatic heterocycles. The van der Waals surface area contributed by atoms with Gasteiger partial charge >= 0.3 is 0 Å². The Balaban J connectivity index is 1.63. The van der Waals surface area contributed by atoms with E-state index in [9.17, 15) is 9.59 Å². The normalized spacial score (nSPS) is 16.8. The molecule has 1 aromatic carbocycles. The first-order chi connectivity index (χ1) is 11.7. The van der Waals surface area contributed by atoms with Gasteiger partial charge in [0.25, 0.3) is 5.91 Å². The Bertz CT molecular complexity index is 713. The predicted molar refractivity (Wildman–Crippen MR) is 91.9 cm³/mol. The average Bonchev–Trinajstić information content (AvgIpc) is 2.64. The minimum Gasteiger partial charge on any atom is -0.376 e. The Labute approximate surface area is 141 Å². The van der Waals surface area contributed by atoms with E-state index >= 15 is 0 Å². The van der Waals surface area contributed by atoms with Gasteiger partial charge in [0, 0.05) is 32.5 Å². The Morgan fingerprint density at radius 3 is 2.46 bits per heavy atom. The number of carbonyl (C=O) groups is 1. The van der Waals surface area contributed by atoms with Gasteiger partial charge in [0.2, 0.25) is 5.56 Å². The fourth-order valence-corrected chi connectivity index (χ4v) is 3.37. The Hall–Kier alpha value is -2.40. The summed E-state index contributed by atoms with van der Waals surface area (Å²) in [6.45, 7) is 1.41. The molecule has 0 radical (unpaired) electrons. The molecule has 1 aliphatic rings. The number of rotatable bonds is 4. The number of carbonyl (C=O) groups excluding carboxylic acids is 1. The molecule has 0 aliphatic carbocycles. The van der Waals surface area contributed by atoms with E-state index in [0.29, 0.717) is 24.6 Å². The van der Waals surface area contributed by atoms with Gasteiger partial charge in [0.1, 0.15) is 0 Å². The molecule has 0 bridgehead atoms. The SMILES string of the molecule is COC(c1ccccc1)C1CCN(C(=O)c2ccc(=O)[nH]c2)CC1. The maximum absolute atomic E-state index is 12.5. The standard InChI is InChI=1S/C19H22N2O3/c1-24-18(14-5-3-2-4-6-14)15-9-11-21(12-10-15)19(23)16-7-8-17(22)20-13-16/h2-8,13,15,18H,9-12H2,1H3,(H,20,22). The summed E-state index contributed by atoms with van der Waals surface area (Å²) in [6.07, 6.45) is 3.36. The van der Waals surface area contributed by atoms with Crippen molar-refractivity contribution in [1.82, 2.24) is 9.88 Å². The second-order valence-corrected chi connectivity index (χ2v) is 6.14. The van der Waals surface area contributed by atoms with Crippen molar-refractivity contribution in [3.63, 3.8) is 0 Å². The van der Waals surface area contributed by atoms with E-state index in [1.54, 1.807) is 13.2 Å². The molecule has 3 rings (SSSR count). The number of benzene rings is 1. The molecule has 24 heavy (non-hydrogen) atoms.